The van der Waals surface area contributed by atoms with Crippen LogP contribution in [0.25, 0.3) is 11.6 Å². The first-order chi connectivity index (χ1) is 14.9. The van der Waals surface area contributed by atoms with Gasteiger partial charge in [0, 0.05) is 10.8 Å². The Kier molecular flexibility index (Phi) is 6.71. The number of hydrogen-bond donors (Lipinski definition) is 0. The Labute approximate surface area is 194 Å². The summed E-state index contributed by atoms with van der Waals surface area (Å²) in [7, 11) is -3.60. The van der Waals surface area contributed by atoms with Crippen LogP contribution >= 0.6 is 35.0 Å². The van der Waals surface area contributed by atoms with Crippen LogP contribution in [0, 0.1) is 0 Å². The molecule has 2 heterocycles. The Morgan fingerprint density at radius 3 is 2.55 bits per heavy atom. The van der Waals surface area contributed by atoms with Crippen LogP contribution in [0.3, 0.4) is 0 Å². The van der Waals surface area contributed by atoms with E-state index in [4.69, 9.17) is 27.6 Å². The number of benzene rings is 2. The molecule has 0 spiro atoms. The smallest absolute Gasteiger partial charge is 0.200 e. The van der Waals surface area contributed by atoms with Crippen LogP contribution < -0.4 is 0 Å². The van der Waals surface area contributed by atoms with E-state index in [1.165, 1.54) is 23.9 Å². The van der Waals surface area contributed by atoms with Crippen molar-refractivity contribution in [2.24, 2.45) is 0 Å². The molecule has 0 saturated heterocycles. The summed E-state index contributed by atoms with van der Waals surface area (Å²) in [6.07, 6.45) is 1.57. The fourth-order valence-corrected chi connectivity index (χ4v) is 6.36. The van der Waals surface area contributed by atoms with Crippen molar-refractivity contribution in [3.63, 3.8) is 0 Å². The predicted octanol–water partition coefficient (Wildman–Crippen LogP) is 5.46. The molecule has 0 aliphatic rings. The third-order valence-corrected chi connectivity index (χ3v) is 8.11. The molecule has 0 radical (unpaired) electrons. The minimum Gasteiger partial charge on any atom is -0.461 e. The second-order valence-electron chi connectivity index (χ2n) is 6.60. The van der Waals surface area contributed by atoms with E-state index in [0.717, 1.165) is 5.56 Å². The zero-order valence-corrected chi connectivity index (χ0v) is 19.3. The van der Waals surface area contributed by atoms with E-state index in [-0.39, 0.29) is 21.4 Å². The summed E-state index contributed by atoms with van der Waals surface area (Å²) in [6, 6.07) is 17.9. The van der Waals surface area contributed by atoms with Crippen molar-refractivity contribution >= 4 is 44.8 Å². The Morgan fingerprint density at radius 1 is 1.00 bits per heavy atom. The van der Waals surface area contributed by atoms with Gasteiger partial charge in [0.1, 0.15) is 0 Å². The normalized spacial score (nSPS) is 11.7. The molecule has 6 nitrogen and oxygen atoms in total. The summed E-state index contributed by atoms with van der Waals surface area (Å²) in [5.41, 5.74) is 1.07. The molecule has 4 aromatic rings. The first kappa shape index (κ1) is 22.0. The molecule has 0 amide bonds. The molecule has 4 rings (SSSR count). The van der Waals surface area contributed by atoms with Gasteiger partial charge in [0.05, 0.1) is 28.5 Å². The Hall–Kier alpha value is -2.26. The number of furan rings is 1. The molecular weight excluding hydrogens is 477 g/mol. The van der Waals surface area contributed by atoms with Gasteiger partial charge in [0.15, 0.2) is 20.8 Å². The molecule has 0 fully saturated rings. The van der Waals surface area contributed by atoms with Crippen molar-refractivity contribution in [1.82, 2.24) is 14.8 Å². The lowest BCUT2D eigenvalue weighted by atomic mass is 10.2. The monoisotopic (exact) mass is 493 g/mol. The van der Waals surface area contributed by atoms with Gasteiger partial charge >= 0.3 is 0 Å². The Bertz CT molecular complexity index is 1270. The number of aromatic nitrogens is 3. The molecule has 0 saturated carbocycles. The van der Waals surface area contributed by atoms with Gasteiger partial charge in [-0.3, -0.25) is 4.57 Å². The van der Waals surface area contributed by atoms with Gasteiger partial charge in [-0.2, -0.15) is 0 Å². The quantitative estimate of drug-likeness (QED) is 0.303. The fourth-order valence-electron chi connectivity index (χ4n) is 2.96. The minimum atomic E-state index is -3.60. The van der Waals surface area contributed by atoms with Crippen LogP contribution in [-0.4, -0.2) is 34.7 Å². The van der Waals surface area contributed by atoms with Crippen molar-refractivity contribution < 1.29 is 12.8 Å². The van der Waals surface area contributed by atoms with E-state index in [9.17, 15) is 8.42 Å². The Morgan fingerprint density at radius 2 is 1.81 bits per heavy atom. The summed E-state index contributed by atoms with van der Waals surface area (Å²) in [4.78, 5) is 0.0318. The van der Waals surface area contributed by atoms with Crippen LogP contribution in [-0.2, 0) is 16.4 Å². The highest BCUT2D eigenvalue weighted by molar-refractivity contribution is 8.00. The van der Waals surface area contributed by atoms with E-state index in [0.29, 0.717) is 28.3 Å². The van der Waals surface area contributed by atoms with Crippen molar-refractivity contribution in [1.29, 1.82) is 0 Å². The number of thioether (sulfide) groups is 1. The molecule has 0 atom stereocenters. The van der Waals surface area contributed by atoms with Gasteiger partial charge in [0.25, 0.3) is 0 Å². The fraction of sp³-hybridized carbons (Fsp3) is 0.143. The van der Waals surface area contributed by atoms with E-state index < -0.39 is 9.84 Å². The lowest BCUT2D eigenvalue weighted by molar-refractivity contribution is 0.569. The second-order valence-corrected chi connectivity index (χ2v) is 10.6. The third-order valence-electron chi connectivity index (χ3n) is 4.45. The average molecular weight is 494 g/mol. The van der Waals surface area contributed by atoms with Crippen molar-refractivity contribution in [2.45, 2.75) is 16.6 Å². The highest BCUT2D eigenvalue weighted by Crippen LogP contribution is 2.29. The standard InChI is InChI=1S/C21H17Cl2N3O3S2/c22-16-8-9-17(23)19(13-16)31(27,28)12-11-30-21-25-24-20(18-7-4-10-29-18)26(21)14-15-5-2-1-3-6-15/h1-10,13H,11-12,14H2. The van der Waals surface area contributed by atoms with Crippen molar-refractivity contribution in [3.05, 3.63) is 82.5 Å². The first-order valence-electron chi connectivity index (χ1n) is 9.25. The summed E-state index contributed by atoms with van der Waals surface area (Å²) in [6.45, 7) is 0.527. The number of hydrogen-bond acceptors (Lipinski definition) is 6. The SMILES string of the molecule is O=S(=O)(CCSc1nnc(-c2ccco2)n1Cc1ccccc1)c1cc(Cl)ccc1Cl. The highest BCUT2D eigenvalue weighted by Gasteiger charge is 2.21. The van der Waals surface area contributed by atoms with Gasteiger partial charge in [-0.25, -0.2) is 8.42 Å². The number of sulfone groups is 1. The van der Waals surface area contributed by atoms with Crippen LogP contribution in [0.5, 0.6) is 0 Å². The third kappa shape index (κ3) is 5.15. The van der Waals surface area contributed by atoms with Crippen LogP contribution in [0.1, 0.15) is 5.56 Å². The summed E-state index contributed by atoms with van der Waals surface area (Å²) in [5.74, 6) is 1.33. The molecule has 2 aromatic heterocycles. The van der Waals surface area contributed by atoms with Gasteiger partial charge in [0.2, 0.25) is 5.82 Å². The highest BCUT2D eigenvalue weighted by atomic mass is 35.5. The van der Waals surface area contributed by atoms with Gasteiger partial charge in [-0.15, -0.1) is 10.2 Å². The number of halogens is 2. The van der Waals surface area contributed by atoms with Crippen molar-refractivity contribution in [3.8, 4) is 11.6 Å². The van der Waals surface area contributed by atoms with Crippen LogP contribution in [0.15, 0.2) is 81.4 Å². The molecule has 160 valence electrons. The summed E-state index contributed by atoms with van der Waals surface area (Å²) in [5, 5.41) is 9.61. The lowest BCUT2D eigenvalue weighted by Gasteiger charge is -2.10. The minimum absolute atomic E-state index is 0.0318. The maximum atomic E-state index is 12.7. The molecule has 0 bridgehead atoms. The zero-order valence-electron chi connectivity index (χ0n) is 16.1. The average Bonchev–Trinajstić information content (AvgIpc) is 3.41. The largest absolute Gasteiger partial charge is 0.461 e. The first-order valence-corrected chi connectivity index (χ1v) is 12.6. The predicted molar refractivity (Wildman–Crippen MR) is 123 cm³/mol. The maximum Gasteiger partial charge on any atom is 0.200 e. The van der Waals surface area contributed by atoms with E-state index in [1.54, 1.807) is 18.4 Å². The van der Waals surface area contributed by atoms with Crippen LogP contribution in [0.2, 0.25) is 10.0 Å². The molecule has 0 aliphatic carbocycles. The van der Waals surface area contributed by atoms with E-state index in [2.05, 4.69) is 10.2 Å². The second kappa shape index (κ2) is 9.48. The van der Waals surface area contributed by atoms with E-state index >= 15 is 0 Å². The lowest BCUT2D eigenvalue weighted by Crippen LogP contribution is -2.10. The Balaban J connectivity index is 1.55. The maximum absolute atomic E-state index is 12.7. The summed E-state index contributed by atoms with van der Waals surface area (Å²) >= 11 is 13.3. The van der Waals surface area contributed by atoms with E-state index in [1.807, 2.05) is 41.0 Å². The molecule has 0 N–H and O–H groups in total. The topological polar surface area (TPSA) is 78.0 Å². The molecule has 31 heavy (non-hydrogen) atoms. The van der Waals surface area contributed by atoms with Crippen molar-refractivity contribution in [2.75, 3.05) is 11.5 Å². The summed E-state index contributed by atoms with van der Waals surface area (Å²) < 4.78 is 32.9. The van der Waals surface area contributed by atoms with Crippen LogP contribution in [0.4, 0.5) is 0 Å². The molecule has 0 aliphatic heterocycles. The van der Waals surface area contributed by atoms with Gasteiger partial charge in [-0.1, -0.05) is 65.3 Å². The number of rotatable bonds is 8. The molecule has 0 unspecified atom stereocenters. The van der Waals surface area contributed by atoms with Gasteiger partial charge < -0.3 is 4.42 Å². The van der Waals surface area contributed by atoms with Gasteiger partial charge in [-0.05, 0) is 35.9 Å². The number of nitrogens with zero attached hydrogens (tertiary/aromatic N) is 3. The zero-order chi connectivity index (χ0) is 21.8. The molecule has 10 heteroatoms. The molecular formula is C21H17Cl2N3O3S2. The molecule has 2 aromatic carbocycles.